The Balaban J connectivity index is 1.92. The third-order valence-corrected chi connectivity index (χ3v) is 4.47. The van der Waals surface area contributed by atoms with Crippen LogP contribution < -0.4 is 5.32 Å². The van der Waals surface area contributed by atoms with Crippen molar-refractivity contribution in [3.05, 3.63) is 59.7 Å². The predicted molar refractivity (Wildman–Crippen MR) is 88.1 cm³/mol. The van der Waals surface area contributed by atoms with E-state index in [1.165, 1.54) is 30.3 Å². The van der Waals surface area contributed by atoms with Crippen LogP contribution in [0.5, 0.6) is 0 Å². The fraction of sp³-hybridized carbons (Fsp3) is 0.278. The molecule has 1 N–H and O–H groups in total. The molecule has 0 unspecified atom stereocenters. The van der Waals surface area contributed by atoms with Crippen LogP contribution in [0.25, 0.3) is 0 Å². The molecule has 2 atom stereocenters. The van der Waals surface area contributed by atoms with E-state index in [1.807, 2.05) is 0 Å². The number of likely N-dealkylation sites (tertiary alicyclic amines) is 1. The van der Waals surface area contributed by atoms with E-state index in [2.05, 4.69) is 10.3 Å². The van der Waals surface area contributed by atoms with Gasteiger partial charge in [-0.15, -0.1) is 0 Å². The number of rotatable bonds is 3. The number of benzene rings is 1. The van der Waals surface area contributed by atoms with Crippen LogP contribution in [-0.2, 0) is 15.8 Å². The first-order valence-corrected chi connectivity index (χ1v) is 8.01. The summed E-state index contributed by atoms with van der Waals surface area (Å²) in [6.45, 7) is 0.0771. The molecule has 9 heteroatoms. The third-order valence-electron chi connectivity index (χ3n) is 4.47. The zero-order chi connectivity index (χ0) is 19.8. The van der Waals surface area contributed by atoms with Crippen molar-refractivity contribution >= 4 is 17.5 Å². The van der Waals surface area contributed by atoms with Crippen molar-refractivity contribution in [3.63, 3.8) is 0 Å². The van der Waals surface area contributed by atoms with Gasteiger partial charge in [-0.2, -0.15) is 13.2 Å². The molecule has 0 saturated carbocycles. The number of alkyl halides is 3. The fourth-order valence-corrected chi connectivity index (χ4v) is 3.12. The van der Waals surface area contributed by atoms with Gasteiger partial charge in [0, 0.05) is 25.7 Å². The van der Waals surface area contributed by atoms with E-state index < -0.39 is 41.2 Å². The number of pyridine rings is 1. The van der Waals surface area contributed by atoms with E-state index >= 15 is 0 Å². The van der Waals surface area contributed by atoms with Crippen LogP contribution in [0.3, 0.4) is 0 Å². The summed E-state index contributed by atoms with van der Waals surface area (Å²) >= 11 is 0. The standard InChI is InChI=1S/C18H15F4N3O2/c1-25-9-12(10-3-2-4-11(7-10)18(20,21)22)15(17(25)27)16(26)24-14-8-23-6-5-13(14)19/h2-8,12,15H,9H2,1H3,(H,24,26)/t12-,15+/m1/s1. The maximum Gasteiger partial charge on any atom is 0.416 e. The van der Waals surface area contributed by atoms with Crippen LogP contribution in [-0.4, -0.2) is 35.3 Å². The number of hydrogen-bond donors (Lipinski definition) is 1. The average Bonchev–Trinajstić information content (AvgIpc) is 2.91. The summed E-state index contributed by atoms with van der Waals surface area (Å²) in [6.07, 6.45) is -2.25. The summed E-state index contributed by atoms with van der Waals surface area (Å²) in [7, 11) is 1.46. The van der Waals surface area contributed by atoms with Crippen LogP contribution in [0.1, 0.15) is 17.0 Å². The molecule has 5 nitrogen and oxygen atoms in total. The van der Waals surface area contributed by atoms with Gasteiger partial charge in [-0.3, -0.25) is 14.6 Å². The molecule has 1 aromatic carbocycles. The van der Waals surface area contributed by atoms with Crippen LogP contribution >= 0.6 is 0 Å². The first-order chi connectivity index (χ1) is 12.7. The van der Waals surface area contributed by atoms with Gasteiger partial charge in [0.2, 0.25) is 11.8 Å². The van der Waals surface area contributed by atoms with Crippen molar-refractivity contribution in [3.8, 4) is 0 Å². The van der Waals surface area contributed by atoms with E-state index in [4.69, 9.17) is 0 Å². The zero-order valence-corrected chi connectivity index (χ0v) is 14.1. The quantitative estimate of drug-likeness (QED) is 0.657. The maximum absolute atomic E-state index is 13.7. The van der Waals surface area contributed by atoms with Gasteiger partial charge < -0.3 is 10.2 Å². The molecule has 1 saturated heterocycles. The van der Waals surface area contributed by atoms with Crippen molar-refractivity contribution in [2.24, 2.45) is 5.92 Å². The molecule has 1 fully saturated rings. The summed E-state index contributed by atoms with van der Waals surface area (Å²) in [6, 6.07) is 5.57. The molecule has 1 aromatic heterocycles. The molecule has 2 aromatic rings. The maximum atomic E-state index is 13.7. The lowest BCUT2D eigenvalue weighted by molar-refractivity contribution is -0.137. The van der Waals surface area contributed by atoms with Crippen LogP contribution in [0.2, 0.25) is 0 Å². The minimum Gasteiger partial charge on any atom is -0.344 e. The zero-order valence-electron chi connectivity index (χ0n) is 14.1. The molecule has 1 aliphatic heterocycles. The number of likely N-dealkylation sites (N-methyl/N-ethyl adjacent to an activating group) is 1. The van der Waals surface area contributed by atoms with Crippen molar-refractivity contribution in [2.45, 2.75) is 12.1 Å². The number of carbonyl (C=O) groups is 2. The second-order valence-electron chi connectivity index (χ2n) is 6.27. The van der Waals surface area contributed by atoms with Gasteiger partial charge in [0.05, 0.1) is 17.4 Å². The van der Waals surface area contributed by atoms with Crippen LogP contribution in [0.4, 0.5) is 23.2 Å². The highest BCUT2D eigenvalue weighted by Gasteiger charge is 2.45. The largest absolute Gasteiger partial charge is 0.416 e. The van der Waals surface area contributed by atoms with Gasteiger partial charge in [-0.1, -0.05) is 18.2 Å². The van der Waals surface area contributed by atoms with Gasteiger partial charge in [0.25, 0.3) is 0 Å². The van der Waals surface area contributed by atoms with Gasteiger partial charge in [0.1, 0.15) is 11.7 Å². The Bertz CT molecular complexity index is 885. The van der Waals surface area contributed by atoms with Crippen molar-refractivity contribution in [1.29, 1.82) is 0 Å². The number of halogens is 4. The molecule has 2 amide bonds. The molecule has 0 spiro atoms. The van der Waals surface area contributed by atoms with Crippen molar-refractivity contribution < 1.29 is 27.2 Å². The SMILES string of the molecule is CN1C[C@H](c2cccc(C(F)(F)F)c2)[C@@H](C(=O)Nc2cnccc2F)C1=O. The lowest BCUT2D eigenvalue weighted by Gasteiger charge is -2.18. The third kappa shape index (κ3) is 3.76. The van der Waals surface area contributed by atoms with Gasteiger partial charge >= 0.3 is 6.18 Å². The Labute approximate surface area is 152 Å². The summed E-state index contributed by atoms with van der Waals surface area (Å²) < 4.78 is 52.7. The summed E-state index contributed by atoms with van der Waals surface area (Å²) in [5.41, 5.74) is -0.846. The minimum absolute atomic E-state index is 0.0771. The number of nitrogens with zero attached hydrogens (tertiary/aromatic N) is 2. The Morgan fingerprint density at radius 2 is 2.04 bits per heavy atom. The second-order valence-corrected chi connectivity index (χ2v) is 6.27. The number of nitrogens with one attached hydrogen (secondary N) is 1. The smallest absolute Gasteiger partial charge is 0.344 e. The number of aromatic nitrogens is 1. The first-order valence-electron chi connectivity index (χ1n) is 8.01. The van der Waals surface area contributed by atoms with Crippen molar-refractivity contribution in [2.75, 3.05) is 18.9 Å². The summed E-state index contributed by atoms with van der Waals surface area (Å²) in [5, 5.41) is 2.30. The molecular weight excluding hydrogens is 366 g/mol. The highest BCUT2D eigenvalue weighted by molar-refractivity contribution is 6.08. The highest BCUT2D eigenvalue weighted by Crippen LogP contribution is 2.37. The molecule has 0 bridgehead atoms. The Kier molecular flexibility index (Phi) is 4.86. The average molecular weight is 381 g/mol. The molecule has 3 rings (SSSR count). The normalized spacial score (nSPS) is 20.0. The predicted octanol–water partition coefficient (Wildman–Crippen LogP) is 3.05. The fourth-order valence-electron chi connectivity index (χ4n) is 3.12. The Morgan fingerprint density at radius 3 is 2.70 bits per heavy atom. The molecule has 0 radical (unpaired) electrons. The van der Waals surface area contributed by atoms with Crippen LogP contribution in [0.15, 0.2) is 42.7 Å². The van der Waals surface area contributed by atoms with Gasteiger partial charge in [-0.05, 0) is 17.7 Å². The second kappa shape index (κ2) is 6.98. The summed E-state index contributed by atoms with van der Waals surface area (Å²) in [5.74, 6) is -4.12. The van der Waals surface area contributed by atoms with E-state index in [-0.39, 0.29) is 17.8 Å². The molecule has 27 heavy (non-hydrogen) atoms. The highest BCUT2D eigenvalue weighted by atomic mass is 19.4. The van der Waals surface area contributed by atoms with E-state index in [0.717, 1.165) is 24.4 Å². The molecule has 0 aliphatic carbocycles. The lowest BCUT2D eigenvalue weighted by atomic mass is 9.87. The number of carbonyl (C=O) groups excluding carboxylic acids is 2. The monoisotopic (exact) mass is 381 g/mol. The first kappa shape index (κ1) is 18.8. The number of hydrogen-bond acceptors (Lipinski definition) is 3. The van der Waals surface area contributed by atoms with Gasteiger partial charge in [0.15, 0.2) is 0 Å². The Hall–Kier alpha value is -2.97. The summed E-state index contributed by atoms with van der Waals surface area (Å²) in [4.78, 5) is 30.0. The van der Waals surface area contributed by atoms with E-state index in [1.54, 1.807) is 0 Å². The topological polar surface area (TPSA) is 62.3 Å². The van der Waals surface area contributed by atoms with Crippen LogP contribution in [0, 0.1) is 11.7 Å². The molecule has 2 heterocycles. The lowest BCUT2D eigenvalue weighted by Crippen LogP contribution is -2.33. The van der Waals surface area contributed by atoms with E-state index in [9.17, 15) is 27.2 Å². The van der Waals surface area contributed by atoms with Gasteiger partial charge in [-0.25, -0.2) is 4.39 Å². The molecular formula is C18H15F4N3O2. The van der Waals surface area contributed by atoms with E-state index in [0.29, 0.717) is 0 Å². The van der Waals surface area contributed by atoms with Crippen molar-refractivity contribution in [1.82, 2.24) is 9.88 Å². The number of amides is 2. The minimum atomic E-state index is -4.54. The molecule has 142 valence electrons. The number of anilines is 1. The molecule has 1 aliphatic rings. The Morgan fingerprint density at radius 1 is 1.30 bits per heavy atom.